The average molecular weight is 282 g/mol. The molecule has 1 aliphatic carbocycles. The van der Waals surface area contributed by atoms with Gasteiger partial charge in [0.1, 0.15) is 0 Å². The summed E-state index contributed by atoms with van der Waals surface area (Å²) >= 11 is 0. The molecule has 3 nitrogen and oxygen atoms in total. The lowest BCUT2D eigenvalue weighted by Gasteiger charge is -2.44. The highest BCUT2D eigenvalue weighted by Gasteiger charge is 2.36. The second kappa shape index (κ2) is 7.77. The van der Waals surface area contributed by atoms with Crippen LogP contribution in [0.25, 0.3) is 0 Å². The first-order valence-electron chi connectivity index (χ1n) is 8.53. The van der Waals surface area contributed by atoms with Gasteiger partial charge in [0.15, 0.2) is 0 Å². The molecular formula is C17H34N2O. The highest BCUT2D eigenvalue weighted by molar-refractivity contribution is 4.90. The SMILES string of the molecule is CNCC1(CN2CCCC(COC)C2)CCC(C)CC1. The van der Waals surface area contributed by atoms with Gasteiger partial charge < -0.3 is 15.0 Å². The predicted octanol–water partition coefficient (Wildman–Crippen LogP) is 2.76. The van der Waals surface area contributed by atoms with E-state index in [-0.39, 0.29) is 0 Å². The van der Waals surface area contributed by atoms with Crippen molar-refractivity contribution < 1.29 is 4.74 Å². The fraction of sp³-hybridized carbons (Fsp3) is 1.00. The second-order valence-electron chi connectivity index (χ2n) is 7.41. The zero-order valence-corrected chi connectivity index (χ0v) is 13.8. The summed E-state index contributed by atoms with van der Waals surface area (Å²) in [6.45, 7) is 8.37. The van der Waals surface area contributed by atoms with E-state index in [1.54, 1.807) is 0 Å². The van der Waals surface area contributed by atoms with Crippen LogP contribution in [-0.4, -0.2) is 51.8 Å². The van der Waals surface area contributed by atoms with Gasteiger partial charge in [-0.3, -0.25) is 0 Å². The normalized spacial score (nSPS) is 36.1. The Labute approximate surface area is 125 Å². The molecule has 1 N–H and O–H groups in total. The maximum absolute atomic E-state index is 5.37. The second-order valence-corrected chi connectivity index (χ2v) is 7.41. The van der Waals surface area contributed by atoms with Crippen LogP contribution < -0.4 is 5.32 Å². The monoisotopic (exact) mass is 282 g/mol. The van der Waals surface area contributed by atoms with E-state index >= 15 is 0 Å². The highest BCUT2D eigenvalue weighted by Crippen LogP contribution is 2.39. The van der Waals surface area contributed by atoms with E-state index in [1.165, 1.54) is 64.7 Å². The predicted molar refractivity (Wildman–Crippen MR) is 85.0 cm³/mol. The molecule has 1 saturated carbocycles. The summed E-state index contributed by atoms with van der Waals surface area (Å²) in [5.74, 6) is 1.69. The van der Waals surface area contributed by atoms with Gasteiger partial charge in [0.05, 0.1) is 6.61 Å². The number of rotatable bonds is 6. The number of nitrogens with one attached hydrogen (secondary N) is 1. The van der Waals surface area contributed by atoms with Crippen LogP contribution in [0.4, 0.5) is 0 Å². The molecule has 20 heavy (non-hydrogen) atoms. The molecule has 1 saturated heterocycles. The fourth-order valence-corrected chi connectivity index (χ4v) is 4.28. The van der Waals surface area contributed by atoms with Crippen molar-refractivity contribution in [2.75, 3.05) is 46.9 Å². The van der Waals surface area contributed by atoms with Gasteiger partial charge in [0, 0.05) is 26.7 Å². The maximum atomic E-state index is 5.37. The van der Waals surface area contributed by atoms with Crippen LogP contribution in [0.15, 0.2) is 0 Å². The van der Waals surface area contributed by atoms with Crippen molar-refractivity contribution in [3.8, 4) is 0 Å². The summed E-state index contributed by atoms with van der Waals surface area (Å²) in [7, 11) is 3.95. The molecule has 0 aromatic heterocycles. The molecule has 1 aliphatic heterocycles. The van der Waals surface area contributed by atoms with Gasteiger partial charge in [-0.15, -0.1) is 0 Å². The first-order chi connectivity index (χ1) is 9.67. The Bertz CT molecular complexity index is 272. The number of piperidine rings is 1. The third-order valence-corrected chi connectivity index (χ3v) is 5.45. The quantitative estimate of drug-likeness (QED) is 0.811. The largest absolute Gasteiger partial charge is 0.384 e. The fourth-order valence-electron chi connectivity index (χ4n) is 4.28. The van der Waals surface area contributed by atoms with Crippen LogP contribution in [0, 0.1) is 17.3 Å². The summed E-state index contributed by atoms with van der Waals surface area (Å²) in [6, 6.07) is 0. The number of nitrogens with zero attached hydrogens (tertiary/aromatic N) is 1. The van der Waals surface area contributed by atoms with Crippen molar-refractivity contribution in [3.63, 3.8) is 0 Å². The summed E-state index contributed by atoms with van der Waals surface area (Å²) in [5.41, 5.74) is 0.524. The van der Waals surface area contributed by atoms with Crippen LogP contribution >= 0.6 is 0 Å². The molecule has 1 heterocycles. The minimum absolute atomic E-state index is 0.524. The molecule has 3 heteroatoms. The van der Waals surface area contributed by atoms with E-state index in [0.717, 1.165) is 18.4 Å². The smallest absolute Gasteiger partial charge is 0.0502 e. The molecule has 2 aliphatic rings. The zero-order valence-electron chi connectivity index (χ0n) is 13.8. The maximum Gasteiger partial charge on any atom is 0.0502 e. The van der Waals surface area contributed by atoms with E-state index < -0.39 is 0 Å². The van der Waals surface area contributed by atoms with Gasteiger partial charge >= 0.3 is 0 Å². The molecule has 2 rings (SSSR count). The van der Waals surface area contributed by atoms with E-state index in [4.69, 9.17) is 4.74 Å². The molecule has 0 spiro atoms. The lowest BCUT2D eigenvalue weighted by atomic mass is 9.70. The van der Waals surface area contributed by atoms with Gasteiger partial charge in [-0.25, -0.2) is 0 Å². The minimum atomic E-state index is 0.524. The third kappa shape index (κ3) is 4.44. The molecule has 0 aromatic carbocycles. The Hall–Kier alpha value is -0.120. The number of methoxy groups -OCH3 is 1. The Balaban J connectivity index is 1.90. The summed E-state index contributed by atoms with van der Waals surface area (Å²) in [6.07, 6.45) is 8.33. The Morgan fingerprint density at radius 1 is 1.25 bits per heavy atom. The standard InChI is InChI=1S/C17H34N2O/c1-15-6-8-17(9-7-15,13-18-2)14-19-10-4-5-16(11-19)12-20-3/h15-16,18H,4-14H2,1-3H3. The summed E-state index contributed by atoms with van der Waals surface area (Å²) < 4.78 is 5.37. The van der Waals surface area contributed by atoms with Crippen LogP contribution in [-0.2, 0) is 4.74 Å². The molecule has 0 radical (unpaired) electrons. The average Bonchev–Trinajstić information content (AvgIpc) is 2.43. The van der Waals surface area contributed by atoms with Crippen molar-refractivity contribution in [1.29, 1.82) is 0 Å². The van der Waals surface area contributed by atoms with E-state index in [0.29, 0.717) is 5.41 Å². The first-order valence-corrected chi connectivity index (χ1v) is 8.53. The molecular weight excluding hydrogens is 248 g/mol. The highest BCUT2D eigenvalue weighted by atomic mass is 16.5. The van der Waals surface area contributed by atoms with Gasteiger partial charge in [-0.2, -0.15) is 0 Å². The zero-order chi connectivity index (χ0) is 14.4. The Kier molecular flexibility index (Phi) is 6.31. The molecule has 0 bridgehead atoms. The lowest BCUT2D eigenvalue weighted by Crippen LogP contribution is -2.48. The van der Waals surface area contributed by atoms with Crippen LogP contribution in [0.3, 0.4) is 0 Å². The van der Waals surface area contributed by atoms with Gasteiger partial charge in [-0.1, -0.05) is 19.8 Å². The van der Waals surface area contributed by atoms with Crippen molar-refractivity contribution in [1.82, 2.24) is 10.2 Å². The van der Waals surface area contributed by atoms with Crippen molar-refractivity contribution >= 4 is 0 Å². The molecule has 118 valence electrons. The number of hydrogen-bond acceptors (Lipinski definition) is 3. The third-order valence-electron chi connectivity index (χ3n) is 5.45. The number of hydrogen-bond donors (Lipinski definition) is 1. The van der Waals surface area contributed by atoms with Crippen LogP contribution in [0.1, 0.15) is 45.4 Å². The Morgan fingerprint density at radius 2 is 2.00 bits per heavy atom. The van der Waals surface area contributed by atoms with Crippen molar-refractivity contribution in [2.24, 2.45) is 17.3 Å². The van der Waals surface area contributed by atoms with Gasteiger partial charge in [-0.05, 0) is 56.5 Å². The van der Waals surface area contributed by atoms with Crippen LogP contribution in [0.5, 0.6) is 0 Å². The van der Waals surface area contributed by atoms with E-state index in [2.05, 4.69) is 24.2 Å². The van der Waals surface area contributed by atoms with E-state index in [1.807, 2.05) is 7.11 Å². The van der Waals surface area contributed by atoms with Gasteiger partial charge in [0.2, 0.25) is 0 Å². The first kappa shape index (κ1) is 16.3. The molecule has 0 amide bonds. The summed E-state index contributed by atoms with van der Waals surface area (Å²) in [4.78, 5) is 2.72. The lowest BCUT2D eigenvalue weighted by molar-refractivity contribution is 0.0421. The van der Waals surface area contributed by atoms with Crippen LogP contribution in [0.2, 0.25) is 0 Å². The molecule has 2 fully saturated rings. The number of likely N-dealkylation sites (tertiary alicyclic amines) is 1. The molecule has 0 aromatic rings. The molecule has 1 atom stereocenters. The van der Waals surface area contributed by atoms with Gasteiger partial charge in [0.25, 0.3) is 0 Å². The van der Waals surface area contributed by atoms with Crippen molar-refractivity contribution in [2.45, 2.75) is 45.4 Å². The van der Waals surface area contributed by atoms with Crippen molar-refractivity contribution in [3.05, 3.63) is 0 Å². The molecule has 1 unspecified atom stereocenters. The summed E-state index contributed by atoms with van der Waals surface area (Å²) in [5, 5.41) is 3.47. The van der Waals surface area contributed by atoms with E-state index in [9.17, 15) is 0 Å². The minimum Gasteiger partial charge on any atom is -0.384 e. The Morgan fingerprint density at radius 3 is 2.65 bits per heavy atom. The topological polar surface area (TPSA) is 24.5 Å². The number of ether oxygens (including phenoxy) is 1.